The van der Waals surface area contributed by atoms with Crippen molar-refractivity contribution >= 4 is 0 Å². The van der Waals surface area contributed by atoms with Crippen LogP contribution < -0.4 is 38.9 Å². The topological polar surface area (TPSA) is 98.2 Å². The highest BCUT2D eigenvalue weighted by molar-refractivity contribution is 4.51. The van der Waals surface area contributed by atoms with Gasteiger partial charge in [-0.3, -0.25) is 5.84 Å². The lowest BCUT2D eigenvalue weighted by molar-refractivity contribution is 0.295. The molecule has 8 N–H and O–H groups in total. The van der Waals surface area contributed by atoms with Crippen LogP contribution in [0.3, 0.4) is 0 Å². The smallest absolute Gasteiger partial charge is 0.0113 e. The first-order chi connectivity index (χ1) is 15.4. The van der Waals surface area contributed by atoms with Crippen LogP contribution in [0, 0.1) is 0 Å². The minimum absolute atomic E-state index is 0.948. The lowest BCUT2D eigenvalue weighted by Crippen LogP contribution is -2.60. The van der Waals surface area contributed by atoms with E-state index in [0.29, 0.717) is 0 Å². The highest BCUT2D eigenvalue weighted by Crippen LogP contribution is 2.15. The van der Waals surface area contributed by atoms with Gasteiger partial charge in [-0.2, -0.15) is 27.7 Å². The monoisotopic (exact) mass is 443 g/mol. The Balaban J connectivity index is 2.98. The van der Waals surface area contributed by atoms with Gasteiger partial charge in [0.05, 0.1) is 0 Å². The zero-order valence-electron chi connectivity index (χ0n) is 20.8. The largest absolute Gasteiger partial charge is 0.257 e. The molecule has 31 heavy (non-hydrogen) atoms. The van der Waals surface area contributed by atoms with Crippen LogP contribution in [0.5, 0.6) is 0 Å². The van der Waals surface area contributed by atoms with E-state index in [-0.39, 0.29) is 0 Å². The molecule has 0 rings (SSSR count). The minimum Gasteiger partial charge on any atom is -0.257 e. The van der Waals surface area contributed by atoms with Gasteiger partial charge in [0.2, 0.25) is 0 Å². The van der Waals surface area contributed by atoms with Crippen molar-refractivity contribution in [3.8, 4) is 0 Å². The molecule has 7 heteroatoms. The molecule has 0 aromatic carbocycles. The molecule has 0 heterocycles. The van der Waals surface area contributed by atoms with Crippen molar-refractivity contribution < 1.29 is 0 Å². The maximum absolute atomic E-state index is 5.02. The zero-order valence-corrected chi connectivity index (χ0v) is 20.8. The minimum atomic E-state index is 0.948. The summed E-state index contributed by atoms with van der Waals surface area (Å²) in [5, 5.41) is 0. The van der Waals surface area contributed by atoms with Crippen LogP contribution in [-0.4, -0.2) is 6.54 Å². The molecule has 0 fully saturated rings. The van der Waals surface area contributed by atoms with Gasteiger partial charge < -0.3 is 0 Å². The zero-order chi connectivity index (χ0) is 22.5. The molecule has 0 bridgehead atoms. The summed E-state index contributed by atoms with van der Waals surface area (Å²) < 4.78 is 0. The first kappa shape index (κ1) is 30.7. The van der Waals surface area contributed by atoms with Crippen LogP contribution in [0.25, 0.3) is 0 Å². The van der Waals surface area contributed by atoms with Crippen molar-refractivity contribution in [3.63, 3.8) is 0 Å². The average Bonchev–Trinajstić information content (AvgIpc) is 2.78. The predicted molar refractivity (Wildman–Crippen MR) is 135 cm³/mol. The van der Waals surface area contributed by atoms with E-state index in [9.17, 15) is 0 Å². The molecule has 0 atom stereocenters. The summed E-state index contributed by atoms with van der Waals surface area (Å²) in [6.07, 6.45) is 31.3. The van der Waals surface area contributed by atoms with Gasteiger partial charge in [0.25, 0.3) is 0 Å². The Hall–Kier alpha value is -0.280. The number of hydrazine groups is 6. The molecule has 0 unspecified atom stereocenters. The van der Waals surface area contributed by atoms with Gasteiger partial charge in [0.15, 0.2) is 0 Å². The van der Waals surface area contributed by atoms with Gasteiger partial charge in [-0.15, -0.1) is 0 Å². The molecular weight excluding hydrogens is 386 g/mol. The van der Waals surface area contributed by atoms with Crippen molar-refractivity contribution in [2.75, 3.05) is 6.54 Å². The Bertz CT molecular complexity index is 278. The van der Waals surface area contributed by atoms with Crippen molar-refractivity contribution in [2.45, 2.75) is 148 Å². The lowest BCUT2D eigenvalue weighted by Gasteiger charge is -2.09. The second-order valence-corrected chi connectivity index (χ2v) is 9.00. The third-order valence-corrected chi connectivity index (χ3v) is 6.00. The van der Waals surface area contributed by atoms with E-state index in [0.717, 1.165) is 6.54 Å². The Morgan fingerprint density at radius 1 is 0.387 bits per heavy atom. The first-order valence-corrected chi connectivity index (χ1v) is 13.6. The van der Waals surface area contributed by atoms with Crippen LogP contribution in [0.4, 0.5) is 0 Å². The van der Waals surface area contributed by atoms with Crippen LogP contribution in [0.2, 0.25) is 0 Å². The van der Waals surface area contributed by atoms with Crippen molar-refractivity contribution in [3.05, 3.63) is 0 Å². The van der Waals surface area contributed by atoms with Crippen LogP contribution in [-0.2, 0) is 0 Å². The Morgan fingerprint density at radius 3 is 1.06 bits per heavy atom. The molecule has 0 aliphatic rings. The molecule has 0 saturated carbocycles. The SMILES string of the molecule is CCCCCCCCCCCCCCCCCCCCCCCCNNNNNNN. The maximum atomic E-state index is 5.02. The van der Waals surface area contributed by atoms with Gasteiger partial charge >= 0.3 is 0 Å². The number of nitrogens with two attached hydrogens (primary N) is 1. The van der Waals surface area contributed by atoms with Crippen LogP contribution in [0.1, 0.15) is 148 Å². The number of unbranched alkanes of at least 4 members (excludes halogenated alkanes) is 21. The first-order valence-electron chi connectivity index (χ1n) is 13.6. The molecule has 0 aliphatic carbocycles. The summed E-state index contributed by atoms with van der Waals surface area (Å²) >= 11 is 0. The fourth-order valence-corrected chi connectivity index (χ4v) is 4.03. The van der Waals surface area contributed by atoms with Crippen molar-refractivity contribution in [1.29, 1.82) is 0 Å². The third kappa shape index (κ3) is 29.7. The van der Waals surface area contributed by atoms with Gasteiger partial charge in [-0.05, 0) is 6.42 Å². The normalized spacial score (nSPS) is 11.4. The molecule has 0 spiro atoms. The molecule has 0 aromatic rings. The number of nitrogens with one attached hydrogen (secondary N) is 6. The van der Waals surface area contributed by atoms with Crippen LogP contribution >= 0.6 is 0 Å². The lowest BCUT2D eigenvalue weighted by atomic mass is 10.0. The molecule has 0 saturated heterocycles. The molecular formula is C24H57N7. The fourth-order valence-electron chi connectivity index (χ4n) is 4.03. The molecule has 0 aliphatic heterocycles. The van der Waals surface area contributed by atoms with Crippen LogP contribution in [0.15, 0.2) is 0 Å². The molecule has 188 valence electrons. The van der Waals surface area contributed by atoms with E-state index in [1.807, 2.05) is 0 Å². The van der Waals surface area contributed by atoms with E-state index in [4.69, 9.17) is 5.84 Å². The Kier molecular flexibility index (Phi) is 29.5. The quantitative estimate of drug-likeness (QED) is 0.0482. The number of hydrogen-bond donors (Lipinski definition) is 7. The van der Waals surface area contributed by atoms with E-state index in [1.54, 1.807) is 0 Å². The fraction of sp³-hybridized carbons (Fsp3) is 1.00. The summed E-state index contributed by atoms with van der Waals surface area (Å²) in [5.41, 5.74) is 15.9. The van der Waals surface area contributed by atoms with Gasteiger partial charge in [-0.1, -0.05) is 142 Å². The predicted octanol–water partition coefficient (Wildman–Crippen LogP) is 5.57. The van der Waals surface area contributed by atoms with Gasteiger partial charge in [0.1, 0.15) is 0 Å². The third-order valence-electron chi connectivity index (χ3n) is 6.00. The highest BCUT2D eigenvalue weighted by atomic mass is 15.9. The average molecular weight is 444 g/mol. The standard InChI is InChI=1S/C24H57N7/c1-2-3-4-5-6-7-8-9-10-11-12-13-14-15-16-17-18-19-20-21-22-23-24-26-28-30-31-29-27-25/h26-31H,2-25H2,1H3. The second kappa shape index (κ2) is 29.7. The summed E-state index contributed by atoms with van der Waals surface area (Å²) in [5.74, 6) is 5.02. The van der Waals surface area contributed by atoms with Gasteiger partial charge in [0, 0.05) is 6.54 Å². The number of hydrogen-bond acceptors (Lipinski definition) is 7. The molecule has 0 amide bonds. The van der Waals surface area contributed by atoms with Crippen molar-refractivity contribution in [1.82, 2.24) is 33.1 Å². The van der Waals surface area contributed by atoms with E-state index >= 15 is 0 Å². The van der Waals surface area contributed by atoms with E-state index < -0.39 is 0 Å². The summed E-state index contributed by atoms with van der Waals surface area (Å²) in [4.78, 5) is 0. The Morgan fingerprint density at radius 2 is 0.710 bits per heavy atom. The van der Waals surface area contributed by atoms with Crippen molar-refractivity contribution in [2.24, 2.45) is 5.84 Å². The summed E-state index contributed by atoms with van der Waals surface area (Å²) in [7, 11) is 0. The van der Waals surface area contributed by atoms with E-state index in [1.165, 1.54) is 141 Å². The number of rotatable bonds is 28. The Labute approximate surface area is 194 Å². The molecule has 7 nitrogen and oxygen atoms in total. The molecule has 0 radical (unpaired) electrons. The maximum Gasteiger partial charge on any atom is 0.0113 e. The van der Waals surface area contributed by atoms with E-state index in [2.05, 4.69) is 40.0 Å². The summed E-state index contributed by atoms with van der Waals surface area (Å²) in [6, 6.07) is 0. The summed E-state index contributed by atoms with van der Waals surface area (Å²) in [6.45, 7) is 3.24. The highest BCUT2D eigenvalue weighted by Gasteiger charge is 1.96. The van der Waals surface area contributed by atoms with Gasteiger partial charge in [-0.25, -0.2) is 5.43 Å². The second-order valence-electron chi connectivity index (χ2n) is 9.00. The molecule has 0 aromatic heterocycles.